The van der Waals surface area contributed by atoms with Crippen LogP contribution in [0.1, 0.15) is 138 Å². The fourth-order valence-corrected chi connectivity index (χ4v) is 12.1. The fraction of sp³-hybridized carbons (Fsp3) is 0.532. The number of aliphatic hydroxyl groups is 3. The van der Waals surface area contributed by atoms with E-state index in [0.717, 1.165) is 27.7 Å². The van der Waals surface area contributed by atoms with Gasteiger partial charge in [-0.3, -0.25) is 105 Å². The van der Waals surface area contributed by atoms with E-state index in [-0.39, 0.29) is 24.3 Å². The maximum atomic E-state index is 14.7. The van der Waals surface area contributed by atoms with Gasteiger partial charge >= 0.3 is 35.8 Å². The largest absolute Gasteiger partial charge is 0.481 e. The van der Waals surface area contributed by atoms with Crippen molar-refractivity contribution < 1.29 is 151 Å². The van der Waals surface area contributed by atoms with E-state index in [9.17, 15) is 151 Å². The van der Waals surface area contributed by atoms with Crippen molar-refractivity contribution in [2.75, 3.05) is 6.61 Å². The molecule has 0 radical (unpaired) electrons. The third kappa shape index (κ3) is 37.2. The average Bonchev–Trinajstić information content (AvgIpc) is 1.70. The van der Waals surface area contributed by atoms with Crippen molar-refractivity contribution >= 4 is 141 Å². The van der Waals surface area contributed by atoms with Gasteiger partial charge in [0.05, 0.1) is 44.5 Å². The monoisotopic (exact) mass is 1770 g/mol. The molecule has 1 aromatic heterocycles. The molecule has 0 spiro atoms. The van der Waals surface area contributed by atoms with Crippen molar-refractivity contribution in [2.45, 2.75) is 242 Å². The van der Waals surface area contributed by atoms with Crippen molar-refractivity contribution in [1.29, 1.82) is 0 Å². The summed E-state index contributed by atoms with van der Waals surface area (Å²) in [5.74, 6) is -31.3. The third-order valence-electron chi connectivity index (χ3n) is 18.5. The summed E-state index contributed by atoms with van der Waals surface area (Å²) in [5, 5.41) is 124. The molecule has 0 saturated heterocycles. The first-order chi connectivity index (χ1) is 58.4. The van der Waals surface area contributed by atoms with Crippen LogP contribution in [0.25, 0.3) is 10.9 Å². The van der Waals surface area contributed by atoms with Crippen LogP contribution in [0.4, 0.5) is 0 Å². The van der Waals surface area contributed by atoms with E-state index in [1.54, 1.807) is 56.3 Å². The number of hydrogen-bond donors (Lipinski definition) is 26. The zero-order valence-electron chi connectivity index (χ0n) is 69.5. The first-order valence-electron chi connectivity index (χ1n) is 39.1. The zero-order chi connectivity index (χ0) is 94.6. The molecule has 125 heavy (non-hydrogen) atoms. The minimum absolute atomic E-state index is 0.151. The molecule has 2 aromatic carbocycles. The molecule has 3 aromatic rings. The Morgan fingerprint density at radius 1 is 0.336 bits per heavy atom. The molecule has 0 aliphatic carbocycles. The highest BCUT2D eigenvalue weighted by Crippen LogP contribution is 2.21. The number of amides is 16. The van der Waals surface area contributed by atoms with Gasteiger partial charge in [0.2, 0.25) is 94.5 Å². The standard InChI is InChI=1S/C77H109N17O31/c1-33(2)23-46(68(116)80-35(5)65(113)92-54(32-95)63(78)111)91-77(125)62(38(8)97)94-75(123)53(30-60(109)110)90-70(118)49(26-41-31-79-43-18-14-13-17-42(41)43)88-67(115)45(20-22-56(101)102)83-66(114)44(19-21-55(99)100)84-69(117)47(24-34(3)4)86-73(121)52(29-59(107)108)89-72(120)51(28-58(105)106)85-64(112)36(6)81-76(124)61(37(7)96)93-74(122)48(25-40-15-11-10-12-16-40)87-71(119)50(27-57(103)104)82-39(9)98/h10-18,31,33-38,44-54,61-62,79,95-97H,19-30,32H2,1-9H3,(H2,78,111)(H,80,116)(H,81,124)(H,82,98)(H,83,114)(H,84,117)(H,85,112)(H,86,121)(H,87,119)(H,88,115)(H,89,120)(H,90,118)(H,91,125)(H,92,113)(H,93,122)(H,94,123)(H,99,100)(H,101,102)(H,103,104)(H,105,106)(H,107,108)(H,109,110)/t35-,36-,37+,38+,44-,45-,46-,47-,48-,49-,50-,51-,52-,53-,54-,61-,62-/m0/s1. The Balaban J connectivity index is 1.98. The summed E-state index contributed by atoms with van der Waals surface area (Å²) in [5.41, 5.74) is 6.31. The molecular formula is C77H109N17O31. The second-order valence-corrected chi connectivity index (χ2v) is 30.1. The minimum Gasteiger partial charge on any atom is -0.481 e. The third-order valence-corrected chi connectivity index (χ3v) is 18.5. The lowest BCUT2D eigenvalue weighted by Crippen LogP contribution is -2.62. The molecule has 0 unspecified atom stereocenters. The van der Waals surface area contributed by atoms with E-state index in [1.165, 1.54) is 39.1 Å². The van der Waals surface area contributed by atoms with Crippen molar-refractivity contribution in [3.05, 3.63) is 71.9 Å². The fourth-order valence-electron chi connectivity index (χ4n) is 12.1. The summed E-state index contributed by atoms with van der Waals surface area (Å²) in [4.78, 5) is 296. The molecule has 17 atom stereocenters. The number of aliphatic hydroxyl groups excluding tert-OH is 3. The molecule has 0 aliphatic heterocycles. The maximum absolute atomic E-state index is 14.7. The van der Waals surface area contributed by atoms with Crippen LogP contribution < -0.4 is 85.5 Å². The van der Waals surface area contributed by atoms with Crippen molar-refractivity contribution in [3.8, 4) is 0 Å². The summed E-state index contributed by atoms with van der Waals surface area (Å²) in [6.45, 7) is 10.6. The Labute approximate surface area is 713 Å². The summed E-state index contributed by atoms with van der Waals surface area (Å²) in [7, 11) is 0. The van der Waals surface area contributed by atoms with E-state index >= 15 is 0 Å². The lowest BCUT2D eigenvalue weighted by molar-refractivity contribution is -0.143. The average molecular weight is 1770 g/mol. The number of aromatic nitrogens is 1. The number of para-hydroxylation sites is 1. The highest BCUT2D eigenvalue weighted by atomic mass is 16.4. The lowest BCUT2D eigenvalue weighted by atomic mass is 10.0. The molecule has 0 bridgehead atoms. The summed E-state index contributed by atoms with van der Waals surface area (Å²) in [6, 6.07) is -14.2. The SMILES string of the molecule is CC(=O)N[C@@H](CC(=O)O)C(=O)N[C@@H](Cc1ccccc1)C(=O)N[C@H](C(=O)N[C@@H](C)C(=O)N[C@@H](CC(=O)O)C(=O)N[C@@H](CC(=O)O)C(=O)N[C@@H](CC(C)C)C(=O)N[C@@H](CCC(=O)O)C(=O)N[C@@H](CCC(=O)O)C(=O)N[C@@H](Cc1c[nH]c2ccccc12)C(=O)N[C@@H](CC(=O)O)C(=O)N[C@H](C(=O)N[C@@H](CC(C)C)C(=O)N[C@@H](C)C(=O)N[C@@H](CO)C(N)=O)[C@@H](C)O)[C@@H](C)O. The van der Waals surface area contributed by atoms with Crippen molar-refractivity contribution in [1.82, 2.24) is 84.7 Å². The van der Waals surface area contributed by atoms with Gasteiger partial charge in [0.1, 0.15) is 90.6 Å². The normalized spacial score (nSPS) is 15.2. The number of primary amides is 1. The Morgan fingerprint density at radius 3 is 1.03 bits per heavy atom. The number of H-pyrrole nitrogens is 1. The molecule has 16 amide bonds. The van der Waals surface area contributed by atoms with Crippen LogP contribution in [-0.2, 0) is 118 Å². The van der Waals surface area contributed by atoms with Gasteiger partial charge in [-0.2, -0.15) is 0 Å². The Morgan fingerprint density at radius 2 is 0.640 bits per heavy atom. The van der Waals surface area contributed by atoms with Crippen LogP contribution >= 0.6 is 0 Å². The summed E-state index contributed by atoms with van der Waals surface area (Å²) < 4.78 is 0. The van der Waals surface area contributed by atoms with Gasteiger partial charge in [0.25, 0.3) is 0 Å². The molecule has 3 rings (SSSR count). The number of rotatable bonds is 55. The number of hydrogen-bond acceptors (Lipinski definition) is 25. The van der Waals surface area contributed by atoms with Gasteiger partial charge in [-0.25, -0.2) is 0 Å². The number of fused-ring (bicyclic) bond motifs is 1. The smallest absolute Gasteiger partial charge is 0.305 e. The van der Waals surface area contributed by atoms with Gasteiger partial charge in [-0.1, -0.05) is 76.2 Å². The number of benzene rings is 2. The number of aromatic amines is 1. The van der Waals surface area contributed by atoms with E-state index in [4.69, 9.17) is 5.73 Å². The lowest BCUT2D eigenvalue weighted by Gasteiger charge is -2.29. The van der Waals surface area contributed by atoms with Gasteiger partial charge < -0.3 is 136 Å². The van der Waals surface area contributed by atoms with Gasteiger partial charge in [0, 0.05) is 49.7 Å². The number of carbonyl (C=O) groups excluding carboxylic acids is 16. The molecule has 0 aliphatic rings. The molecular weight excluding hydrogens is 1660 g/mol. The number of carbonyl (C=O) groups is 22. The number of nitrogens with two attached hydrogens (primary N) is 1. The topological polar surface area (TPSA) is 780 Å². The Hall–Kier alpha value is -13.8. The number of carboxylic acid groups (broad SMARTS) is 6. The predicted octanol–water partition coefficient (Wildman–Crippen LogP) is -7.76. The summed E-state index contributed by atoms with van der Waals surface area (Å²) >= 11 is 0. The number of aliphatic carboxylic acids is 6. The Bertz CT molecular complexity index is 4390. The first kappa shape index (κ1) is 105. The highest BCUT2D eigenvalue weighted by molar-refractivity contribution is 6.03. The first-order valence-corrected chi connectivity index (χ1v) is 39.1. The predicted molar refractivity (Wildman–Crippen MR) is 429 cm³/mol. The van der Waals surface area contributed by atoms with Crippen LogP contribution in [0.5, 0.6) is 0 Å². The van der Waals surface area contributed by atoms with Crippen LogP contribution in [0.3, 0.4) is 0 Å². The summed E-state index contributed by atoms with van der Waals surface area (Å²) in [6.07, 6.45) is -12.2. The van der Waals surface area contributed by atoms with Gasteiger partial charge in [0.15, 0.2) is 0 Å². The second-order valence-electron chi connectivity index (χ2n) is 30.1. The number of nitrogens with one attached hydrogen (secondary N) is 16. The van der Waals surface area contributed by atoms with E-state index in [2.05, 4.69) is 74.1 Å². The molecule has 0 fully saturated rings. The minimum atomic E-state index is -2.28. The maximum Gasteiger partial charge on any atom is 0.305 e. The highest BCUT2D eigenvalue weighted by Gasteiger charge is 2.41. The molecule has 1 heterocycles. The van der Waals surface area contributed by atoms with E-state index in [0.29, 0.717) is 16.5 Å². The van der Waals surface area contributed by atoms with Crippen molar-refractivity contribution in [3.63, 3.8) is 0 Å². The van der Waals surface area contributed by atoms with Gasteiger partial charge in [-0.15, -0.1) is 0 Å². The molecule has 0 saturated carbocycles. The second kappa shape index (κ2) is 51.2. The molecule has 27 N–H and O–H groups in total. The quantitative estimate of drug-likeness (QED) is 0.0250. The zero-order valence-corrected chi connectivity index (χ0v) is 69.5. The van der Waals surface area contributed by atoms with Crippen LogP contribution in [0.2, 0.25) is 0 Å². The van der Waals surface area contributed by atoms with Crippen molar-refractivity contribution in [2.24, 2.45) is 17.6 Å². The van der Waals surface area contributed by atoms with Crippen LogP contribution in [-0.4, -0.2) is 291 Å². The Kier molecular flexibility index (Phi) is 43.2. The number of carboxylic acids is 6. The van der Waals surface area contributed by atoms with E-state index < -0.39 is 310 Å². The van der Waals surface area contributed by atoms with Gasteiger partial charge in [-0.05, 0) is 82.4 Å². The molecule has 48 nitrogen and oxygen atoms in total. The van der Waals surface area contributed by atoms with E-state index in [1.807, 2.05) is 10.6 Å². The molecule has 688 valence electrons. The van der Waals surface area contributed by atoms with Crippen LogP contribution in [0, 0.1) is 11.8 Å². The van der Waals surface area contributed by atoms with Crippen LogP contribution in [0.15, 0.2) is 60.8 Å². The molecule has 48 heteroatoms.